The Balaban J connectivity index is 1.27. The van der Waals surface area contributed by atoms with E-state index in [9.17, 15) is 31.5 Å². The summed E-state index contributed by atoms with van der Waals surface area (Å²) in [5.41, 5.74) is -0.714. The van der Waals surface area contributed by atoms with Crippen LogP contribution >= 0.6 is 0 Å². The van der Waals surface area contributed by atoms with Gasteiger partial charge in [-0.15, -0.1) is 0 Å². The molecule has 2 aliphatic heterocycles. The van der Waals surface area contributed by atoms with E-state index >= 15 is 0 Å². The lowest BCUT2D eigenvalue weighted by atomic mass is 9.93. The molecule has 2 atom stereocenters. The van der Waals surface area contributed by atoms with E-state index in [0.717, 1.165) is 6.07 Å². The lowest BCUT2D eigenvalue weighted by molar-refractivity contribution is 0.0504. The fraction of sp³-hybridized carbons (Fsp3) is 0.533. The maximum atomic E-state index is 14.9. The van der Waals surface area contributed by atoms with Crippen LogP contribution in [0.1, 0.15) is 74.6 Å². The van der Waals surface area contributed by atoms with Gasteiger partial charge in [0, 0.05) is 63.1 Å². The number of carbonyl (C=O) groups excluding carboxylic acids is 2. The molecule has 0 radical (unpaired) electrons. The van der Waals surface area contributed by atoms with Crippen LogP contribution in [0.2, 0.25) is 0 Å². The van der Waals surface area contributed by atoms with Crippen LogP contribution in [-0.4, -0.2) is 87.4 Å². The minimum absolute atomic E-state index is 0.0112. The fourth-order valence-electron chi connectivity index (χ4n) is 5.85. The summed E-state index contributed by atoms with van der Waals surface area (Å²) in [5, 5.41) is 6.00. The quantitative estimate of drug-likeness (QED) is 0.263. The monoisotopic (exact) mass is 666 g/mol. The van der Waals surface area contributed by atoms with Gasteiger partial charge in [-0.3, -0.25) is 4.79 Å². The van der Waals surface area contributed by atoms with Crippen LogP contribution in [0.3, 0.4) is 0 Å². The van der Waals surface area contributed by atoms with Crippen molar-refractivity contribution in [1.82, 2.24) is 30.3 Å². The molecule has 2 amide bonds. The number of hydrogen-bond donors (Lipinski definition) is 1. The predicted molar refractivity (Wildman–Crippen MR) is 158 cm³/mol. The number of rotatable bonds is 8. The van der Waals surface area contributed by atoms with Crippen molar-refractivity contribution in [3.05, 3.63) is 58.9 Å². The number of benzene rings is 1. The molecular formula is C30H35F5N8O4. The molecule has 2 fully saturated rings. The molecule has 4 heterocycles. The maximum absolute atomic E-state index is 14.9. The molecule has 0 aliphatic carbocycles. The first-order chi connectivity index (χ1) is 22.2. The topological polar surface area (TPSA) is 130 Å². The number of amides is 2. The van der Waals surface area contributed by atoms with Crippen LogP contribution in [0.25, 0.3) is 0 Å². The Morgan fingerprint density at radius 1 is 1.04 bits per heavy atom. The van der Waals surface area contributed by atoms with E-state index < -0.39 is 53.4 Å². The van der Waals surface area contributed by atoms with Crippen molar-refractivity contribution in [3.8, 4) is 0 Å². The van der Waals surface area contributed by atoms with Gasteiger partial charge in [-0.1, -0.05) is 5.16 Å². The second kappa shape index (κ2) is 13.7. The number of nitrogens with zero attached hydrogens (tertiary/aromatic N) is 7. The van der Waals surface area contributed by atoms with E-state index in [1.165, 1.54) is 12.4 Å². The normalized spacial score (nSPS) is 18.9. The summed E-state index contributed by atoms with van der Waals surface area (Å²) >= 11 is 0. The fourth-order valence-corrected chi connectivity index (χ4v) is 5.85. The summed E-state index contributed by atoms with van der Waals surface area (Å²) < 4.78 is 78.7. The Morgan fingerprint density at radius 2 is 1.70 bits per heavy atom. The average Bonchev–Trinajstić information content (AvgIpc) is 3.67. The molecule has 3 aromatic rings. The number of carbonyl (C=O) groups is 2. The summed E-state index contributed by atoms with van der Waals surface area (Å²) in [4.78, 5) is 43.6. The highest BCUT2D eigenvalue weighted by molar-refractivity contribution is 5.94. The zero-order valence-corrected chi connectivity index (χ0v) is 26.2. The smallest absolute Gasteiger partial charge is 0.407 e. The first-order valence-electron chi connectivity index (χ1n) is 15.1. The molecule has 0 spiro atoms. The minimum atomic E-state index is -2.84. The number of halogens is 5. The van der Waals surface area contributed by atoms with Crippen LogP contribution in [0, 0.1) is 17.5 Å². The van der Waals surface area contributed by atoms with Crippen molar-refractivity contribution < 1.29 is 40.8 Å². The highest BCUT2D eigenvalue weighted by Gasteiger charge is 2.39. The highest BCUT2D eigenvalue weighted by atomic mass is 19.3. The first-order valence-corrected chi connectivity index (χ1v) is 15.1. The number of ether oxygens (including phenoxy) is 1. The van der Waals surface area contributed by atoms with E-state index in [1.807, 2.05) is 6.92 Å². The second-order valence-corrected chi connectivity index (χ2v) is 12.4. The van der Waals surface area contributed by atoms with Crippen molar-refractivity contribution in [2.75, 3.05) is 42.5 Å². The van der Waals surface area contributed by atoms with Crippen molar-refractivity contribution >= 4 is 24.0 Å². The molecule has 1 aromatic carbocycles. The molecule has 254 valence electrons. The third kappa shape index (κ3) is 7.71. The predicted octanol–water partition coefficient (Wildman–Crippen LogP) is 4.84. The van der Waals surface area contributed by atoms with Crippen LogP contribution in [0.4, 0.5) is 38.7 Å². The zero-order valence-electron chi connectivity index (χ0n) is 26.2. The number of nitrogens with one attached hydrogen (secondary N) is 1. The molecule has 2 saturated heterocycles. The summed E-state index contributed by atoms with van der Waals surface area (Å²) in [6, 6.07) is 0.331. The summed E-state index contributed by atoms with van der Waals surface area (Å²) in [5.74, 6) is -5.12. The van der Waals surface area contributed by atoms with Crippen LogP contribution in [0.5, 0.6) is 0 Å². The molecule has 2 aliphatic rings. The van der Waals surface area contributed by atoms with Crippen LogP contribution < -0.4 is 15.1 Å². The molecule has 0 unspecified atom stereocenters. The van der Waals surface area contributed by atoms with Gasteiger partial charge in [0.25, 0.3) is 5.91 Å². The summed E-state index contributed by atoms with van der Waals surface area (Å²) in [6.07, 6.45) is 0.207. The molecule has 17 heteroatoms. The molecule has 47 heavy (non-hydrogen) atoms. The van der Waals surface area contributed by atoms with Crippen molar-refractivity contribution in [3.63, 3.8) is 0 Å². The van der Waals surface area contributed by atoms with E-state index in [1.54, 1.807) is 35.5 Å². The number of alkyl carbamates (subject to hydrolysis) is 1. The average molecular weight is 667 g/mol. The highest BCUT2D eigenvalue weighted by Crippen LogP contribution is 2.33. The van der Waals surface area contributed by atoms with Gasteiger partial charge < -0.3 is 29.3 Å². The molecule has 2 aromatic heterocycles. The second-order valence-electron chi connectivity index (χ2n) is 12.4. The standard InChI is InChI=1S/C30H35F5N8O4/c1-5-43(17-6-8-41(9-7-17)28-39-25(24(34)35)40-47-28)26(44)16-12-36-27(37-13-16)42-14-19(18-10-21(32)22(33)11-20(18)31)23(15-42)38-29(45)46-30(2,3)4/h10-13,17,19,23-24H,5-9,14-15H2,1-4H3,(H,38,45)/t19-,23+/m1/s1. The molecule has 5 rings (SSSR count). The summed E-state index contributed by atoms with van der Waals surface area (Å²) in [6.45, 7) is 8.26. The van der Waals surface area contributed by atoms with Gasteiger partial charge in [-0.2, -0.15) is 4.98 Å². The lowest BCUT2D eigenvalue weighted by Crippen LogP contribution is -2.47. The third-order valence-electron chi connectivity index (χ3n) is 8.03. The van der Waals surface area contributed by atoms with Gasteiger partial charge in [0.1, 0.15) is 11.4 Å². The third-order valence-corrected chi connectivity index (χ3v) is 8.03. The van der Waals surface area contributed by atoms with Gasteiger partial charge in [-0.25, -0.2) is 36.7 Å². The lowest BCUT2D eigenvalue weighted by Gasteiger charge is -2.37. The number of aromatic nitrogens is 4. The van der Waals surface area contributed by atoms with Gasteiger partial charge in [0.15, 0.2) is 11.6 Å². The van der Waals surface area contributed by atoms with E-state index in [0.29, 0.717) is 38.5 Å². The number of alkyl halides is 2. The van der Waals surface area contributed by atoms with Crippen molar-refractivity contribution in [2.24, 2.45) is 0 Å². The molecule has 12 nitrogen and oxygen atoms in total. The van der Waals surface area contributed by atoms with Crippen molar-refractivity contribution in [2.45, 2.75) is 70.6 Å². The molecule has 0 saturated carbocycles. The van der Waals surface area contributed by atoms with Crippen LogP contribution in [0.15, 0.2) is 29.0 Å². The summed E-state index contributed by atoms with van der Waals surface area (Å²) in [7, 11) is 0. The number of piperidine rings is 1. The Bertz CT molecular complexity index is 1580. The SMILES string of the molecule is CCN(C(=O)c1cnc(N2C[C@H](NC(=O)OC(C)(C)C)[C@@H](c3cc(F)c(F)cc3F)C2)nc1)C1CCN(c2nc(C(F)F)no2)CC1. The largest absolute Gasteiger partial charge is 0.444 e. The minimum Gasteiger partial charge on any atom is -0.444 e. The Labute approximate surface area is 267 Å². The first kappa shape index (κ1) is 33.8. The Morgan fingerprint density at radius 3 is 2.30 bits per heavy atom. The molecular weight excluding hydrogens is 631 g/mol. The van der Waals surface area contributed by atoms with Gasteiger partial charge in [-0.05, 0) is 52.2 Å². The van der Waals surface area contributed by atoms with Crippen molar-refractivity contribution in [1.29, 1.82) is 0 Å². The van der Waals surface area contributed by atoms with E-state index in [-0.39, 0.29) is 48.1 Å². The van der Waals surface area contributed by atoms with E-state index in [2.05, 4.69) is 25.4 Å². The Hall–Kier alpha value is -4.57. The molecule has 1 N–H and O–H groups in total. The number of hydrogen-bond acceptors (Lipinski definition) is 10. The zero-order chi connectivity index (χ0) is 34.0. The number of anilines is 2. The van der Waals surface area contributed by atoms with Gasteiger partial charge in [0.05, 0.1) is 11.6 Å². The Kier molecular flexibility index (Phi) is 9.81. The van der Waals surface area contributed by atoms with Crippen LogP contribution in [-0.2, 0) is 4.74 Å². The van der Waals surface area contributed by atoms with Gasteiger partial charge in [0.2, 0.25) is 11.8 Å². The maximum Gasteiger partial charge on any atom is 0.407 e. The molecule has 0 bridgehead atoms. The van der Waals surface area contributed by atoms with Gasteiger partial charge >= 0.3 is 18.5 Å². The van der Waals surface area contributed by atoms with E-state index in [4.69, 9.17) is 9.26 Å².